The third-order valence-corrected chi connectivity index (χ3v) is 7.00. The highest BCUT2D eigenvalue weighted by atomic mass is 35.5. The van der Waals surface area contributed by atoms with Crippen LogP contribution < -0.4 is 5.32 Å². The van der Waals surface area contributed by atoms with Crippen LogP contribution in [0.4, 0.5) is 17.6 Å². The van der Waals surface area contributed by atoms with Gasteiger partial charge in [-0.25, -0.2) is 27.9 Å². The van der Waals surface area contributed by atoms with Crippen LogP contribution in [0.5, 0.6) is 0 Å². The van der Waals surface area contributed by atoms with Crippen LogP contribution in [-0.4, -0.2) is 42.5 Å². The van der Waals surface area contributed by atoms with Crippen LogP contribution in [0.25, 0.3) is 11.3 Å². The number of halogens is 5. The lowest BCUT2D eigenvalue weighted by Crippen LogP contribution is -2.28. The van der Waals surface area contributed by atoms with E-state index >= 15 is 0 Å². The zero-order valence-corrected chi connectivity index (χ0v) is 20.6. The fourth-order valence-electron chi connectivity index (χ4n) is 3.41. The van der Waals surface area contributed by atoms with Gasteiger partial charge in [-0.3, -0.25) is 4.79 Å². The summed E-state index contributed by atoms with van der Waals surface area (Å²) in [4.78, 5) is 21.5. The van der Waals surface area contributed by atoms with E-state index in [1.165, 1.54) is 18.2 Å². The summed E-state index contributed by atoms with van der Waals surface area (Å²) in [5.74, 6) is -1.51. The predicted molar refractivity (Wildman–Crippen MR) is 126 cm³/mol. The summed E-state index contributed by atoms with van der Waals surface area (Å²) in [6.45, 7) is 3.17. The number of carbonyl (C=O) groups excluding carboxylic acids is 1. The average molecular weight is 544 g/mol. The van der Waals surface area contributed by atoms with Gasteiger partial charge in [0.1, 0.15) is 22.0 Å². The van der Waals surface area contributed by atoms with E-state index < -0.39 is 23.0 Å². The van der Waals surface area contributed by atoms with Gasteiger partial charge in [-0.15, -0.1) is 0 Å². The van der Waals surface area contributed by atoms with E-state index in [9.17, 15) is 26.6 Å². The van der Waals surface area contributed by atoms with E-state index in [1.54, 1.807) is 18.2 Å². The van der Waals surface area contributed by atoms with Crippen LogP contribution in [0.1, 0.15) is 31.2 Å². The Kier molecular flexibility index (Phi) is 9.46. The molecule has 1 aliphatic rings. The molecular weight excluding hydrogens is 522 g/mol. The summed E-state index contributed by atoms with van der Waals surface area (Å²) in [5, 5.41) is 2.60. The summed E-state index contributed by atoms with van der Waals surface area (Å²) in [6, 6.07) is 9.37. The van der Waals surface area contributed by atoms with E-state index in [-0.39, 0.29) is 23.1 Å². The van der Waals surface area contributed by atoms with Crippen LogP contribution in [-0.2, 0) is 28.5 Å². The molecule has 3 aromatic rings. The highest BCUT2D eigenvalue weighted by Crippen LogP contribution is 2.27. The van der Waals surface area contributed by atoms with Crippen molar-refractivity contribution in [1.29, 1.82) is 0 Å². The molecular formula is C23H22ClF4N5O2S. The first kappa shape index (κ1) is 27.6. The number of alkyl halides is 3. The fourth-order valence-corrected chi connectivity index (χ4v) is 5.00. The van der Waals surface area contributed by atoms with Gasteiger partial charge in [-0.1, -0.05) is 11.6 Å². The predicted octanol–water partition coefficient (Wildman–Crippen LogP) is 4.79. The fraction of sp³-hybridized carbons (Fsp3) is 0.304. The van der Waals surface area contributed by atoms with Crippen molar-refractivity contribution in [2.45, 2.75) is 43.4 Å². The number of benzene rings is 1. The highest BCUT2D eigenvalue weighted by molar-refractivity contribution is 7.82. The van der Waals surface area contributed by atoms with Crippen LogP contribution in [0, 0.1) is 5.82 Å². The number of hydrogen-bond donors (Lipinski definition) is 1. The van der Waals surface area contributed by atoms with Crippen molar-refractivity contribution in [3.05, 3.63) is 71.2 Å². The minimum absolute atomic E-state index is 0.148. The van der Waals surface area contributed by atoms with E-state index in [0.29, 0.717) is 28.6 Å². The van der Waals surface area contributed by atoms with Crippen molar-refractivity contribution in [1.82, 2.24) is 24.6 Å². The smallest absolute Gasteiger partial charge is 0.355 e. The molecule has 2 atom stereocenters. The first-order chi connectivity index (χ1) is 17.1. The molecule has 2 aromatic heterocycles. The van der Waals surface area contributed by atoms with Crippen LogP contribution >= 0.6 is 11.6 Å². The molecule has 1 amide bonds. The quantitative estimate of drug-likeness (QED) is 0.274. The van der Waals surface area contributed by atoms with Gasteiger partial charge in [0.05, 0.1) is 10.6 Å². The second-order valence-corrected chi connectivity index (χ2v) is 9.64. The number of nitrogens with zero attached hydrogens (tertiary/aromatic N) is 4. The zero-order valence-electron chi connectivity index (χ0n) is 19.0. The Hall–Kier alpha value is -2.96. The summed E-state index contributed by atoms with van der Waals surface area (Å²) < 4.78 is 63.9. The van der Waals surface area contributed by atoms with Gasteiger partial charge in [0.2, 0.25) is 12.2 Å². The first-order valence-corrected chi connectivity index (χ1v) is 12.2. The highest BCUT2D eigenvalue weighted by Gasteiger charge is 2.34. The maximum absolute atomic E-state index is 12.7. The van der Waals surface area contributed by atoms with E-state index in [1.807, 2.05) is 4.31 Å². The molecule has 1 aromatic carbocycles. The third kappa shape index (κ3) is 7.52. The number of pyridine rings is 1. The Morgan fingerprint density at radius 2 is 1.86 bits per heavy atom. The monoisotopic (exact) mass is 543 g/mol. The molecule has 36 heavy (non-hydrogen) atoms. The molecule has 3 heterocycles. The normalized spacial score (nSPS) is 16.7. The SMILES string of the molecule is CC1CCCN1S(=O)c1ccc(F)cc1.O=CNCc1cc(Cl)nc(-c2cnc(C(F)(F)F)nc2)c1. The van der Waals surface area contributed by atoms with E-state index in [4.69, 9.17) is 11.6 Å². The zero-order chi connectivity index (χ0) is 26.3. The molecule has 1 N–H and O–H groups in total. The van der Waals surface area contributed by atoms with Gasteiger partial charge in [0.25, 0.3) is 0 Å². The van der Waals surface area contributed by atoms with Gasteiger partial charge in [0.15, 0.2) is 0 Å². The second kappa shape index (κ2) is 12.3. The minimum atomic E-state index is -4.60. The third-order valence-electron chi connectivity index (χ3n) is 5.16. The van der Waals surface area contributed by atoms with E-state index in [2.05, 4.69) is 27.2 Å². The molecule has 1 saturated heterocycles. The van der Waals surface area contributed by atoms with Crippen molar-refractivity contribution >= 4 is 29.0 Å². The van der Waals surface area contributed by atoms with Crippen molar-refractivity contribution in [2.24, 2.45) is 0 Å². The van der Waals surface area contributed by atoms with Gasteiger partial charge in [-0.2, -0.15) is 13.2 Å². The van der Waals surface area contributed by atoms with Gasteiger partial charge >= 0.3 is 6.18 Å². The lowest BCUT2D eigenvalue weighted by Gasteiger charge is -2.19. The largest absolute Gasteiger partial charge is 0.451 e. The molecule has 192 valence electrons. The number of aromatic nitrogens is 3. The average Bonchev–Trinajstić information content (AvgIpc) is 3.28. The molecule has 0 radical (unpaired) electrons. The Bertz CT molecular complexity index is 1200. The van der Waals surface area contributed by atoms with Crippen LogP contribution in [0.3, 0.4) is 0 Å². The number of rotatable bonds is 6. The second-order valence-electron chi connectivity index (χ2n) is 7.81. The lowest BCUT2D eigenvalue weighted by atomic mass is 10.1. The number of carbonyl (C=O) groups is 1. The molecule has 4 rings (SSSR count). The number of hydrogen-bond acceptors (Lipinski definition) is 5. The first-order valence-electron chi connectivity index (χ1n) is 10.8. The van der Waals surface area contributed by atoms with Gasteiger partial charge in [0, 0.05) is 37.1 Å². The van der Waals surface area contributed by atoms with Gasteiger partial charge < -0.3 is 5.32 Å². The van der Waals surface area contributed by atoms with Crippen molar-refractivity contribution in [3.8, 4) is 11.3 Å². The minimum Gasteiger partial charge on any atom is -0.355 e. The van der Waals surface area contributed by atoms with E-state index in [0.717, 1.165) is 31.8 Å². The van der Waals surface area contributed by atoms with Crippen LogP contribution in [0.15, 0.2) is 53.7 Å². The van der Waals surface area contributed by atoms with Gasteiger partial charge in [-0.05, 0) is 61.7 Å². The Morgan fingerprint density at radius 1 is 1.19 bits per heavy atom. The van der Waals surface area contributed by atoms with Crippen molar-refractivity contribution in [2.75, 3.05) is 6.54 Å². The molecule has 13 heteroatoms. The lowest BCUT2D eigenvalue weighted by molar-refractivity contribution is -0.145. The summed E-state index contributed by atoms with van der Waals surface area (Å²) >= 11 is 5.83. The molecule has 0 bridgehead atoms. The number of amides is 1. The summed E-state index contributed by atoms with van der Waals surface area (Å²) in [6.07, 6.45) is 0.145. The maximum atomic E-state index is 12.7. The molecule has 7 nitrogen and oxygen atoms in total. The summed E-state index contributed by atoms with van der Waals surface area (Å²) in [5.41, 5.74) is 1.26. The topological polar surface area (TPSA) is 88.1 Å². The molecule has 0 spiro atoms. The standard InChI is InChI=1S/C12H8ClF3N4O.C11H14FNOS/c13-10-2-7(3-17-6-21)1-9(20-10)8-4-18-11(19-5-8)12(14,15)16;1-9-3-2-8-13(9)15(14)11-6-4-10(12)5-7-11/h1-2,4-6H,3H2,(H,17,21);4-7,9H,2-3,8H2,1H3. The van der Waals surface area contributed by atoms with Crippen molar-refractivity contribution < 1.29 is 26.6 Å². The summed E-state index contributed by atoms with van der Waals surface area (Å²) in [7, 11) is -1.13. The number of nitrogens with one attached hydrogen (secondary N) is 1. The molecule has 1 aliphatic heterocycles. The molecule has 0 saturated carbocycles. The Balaban J connectivity index is 0.000000212. The van der Waals surface area contributed by atoms with Crippen molar-refractivity contribution in [3.63, 3.8) is 0 Å². The Morgan fingerprint density at radius 3 is 2.42 bits per heavy atom. The molecule has 0 aliphatic carbocycles. The molecule has 2 unspecified atom stereocenters. The van der Waals surface area contributed by atoms with Crippen LogP contribution in [0.2, 0.25) is 5.15 Å². The Labute approximate surface area is 212 Å². The maximum Gasteiger partial charge on any atom is 0.451 e. The molecule has 1 fully saturated rings.